The molecule has 0 spiro atoms. The number of hydrogen-bond acceptors (Lipinski definition) is 6. The van der Waals surface area contributed by atoms with Crippen LogP contribution in [0.5, 0.6) is 5.88 Å². The highest BCUT2D eigenvalue weighted by Crippen LogP contribution is 2.34. The number of carboxylic acids is 1. The van der Waals surface area contributed by atoms with Crippen molar-refractivity contribution in [1.29, 1.82) is 0 Å². The van der Waals surface area contributed by atoms with E-state index in [-0.39, 0.29) is 5.92 Å². The molecule has 3 aromatic rings. The van der Waals surface area contributed by atoms with Crippen LogP contribution in [0.3, 0.4) is 0 Å². The van der Waals surface area contributed by atoms with E-state index in [1.165, 1.54) is 5.56 Å². The molecule has 1 fully saturated rings. The van der Waals surface area contributed by atoms with Crippen molar-refractivity contribution in [2.24, 2.45) is 5.92 Å². The summed E-state index contributed by atoms with van der Waals surface area (Å²) in [6.07, 6.45) is 5.92. The zero-order valence-corrected chi connectivity index (χ0v) is 17.5. The first-order valence-electron chi connectivity index (χ1n) is 10.5. The van der Waals surface area contributed by atoms with Gasteiger partial charge in [-0.05, 0) is 43.1 Å². The highest BCUT2D eigenvalue weighted by Gasteiger charge is 2.35. The summed E-state index contributed by atoms with van der Waals surface area (Å²) in [4.78, 5) is 27.5. The lowest BCUT2D eigenvalue weighted by atomic mass is 9.81. The second-order valence-corrected chi connectivity index (χ2v) is 7.69. The fourth-order valence-electron chi connectivity index (χ4n) is 4.14. The summed E-state index contributed by atoms with van der Waals surface area (Å²) < 4.78 is 5.57. The number of aliphatic carboxylic acids is 1. The fourth-order valence-corrected chi connectivity index (χ4v) is 4.14. The lowest BCUT2D eigenvalue weighted by Crippen LogP contribution is -2.42. The molecule has 3 heterocycles. The number of carboxylic acid groups (broad SMARTS) is 1. The summed E-state index contributed by atoms with van der Waals surface area (Å²) >= 11 is 0. The van der Waals surface area contributed by atoms with Crippen LogP contribution < -0.4 is 4.74 Å². The van der Waals surface area contributed by atoms with E-state index in [9.17, 15) is 9.90 Å². The molecule has 1 N–H and O–H groups in total. The van der Waals surface area contributed by atoms with Crippen molar-refractivity contribution in [1.82, 2.24) is 19.9 Å². The highest BCUT2D eigenvalue weighted by atomic mass is 16.5. The minimum atomic E-state index is -0.780. The van der Waals surface area contributed by atoms with Crippen LogP contribution in [0.2, 0.25) is 0 Å². The molecular weight excluding hydrogens is 392 g/mol. The minimum absolute atomic E-state index is 0.112. The lowest BCUT2D eigenvalue weighted by Gasteiger charge is -2.36. The molecule has 31 heavy (non-hydrogen) atoms. The van der Waals surface area contributed by atoms with E-state index >= 15 is 0 Å². The number of benzene rings is 1. The van der Waals surface area contributed by atoms with Crippen LogP contribution in [-0.2, 0) is 11.3 Å². The Hall–Kier alpha value is -3.32. The number of carbonyl (C=O) groups is 1. The van der Waals surface area contributed by atoms with Crippen LogP contribution in [0.25, 0.3) is 11.4 Å². The Kier molecular flexibility index (Phi) is 6.52. The zero-order valence-electron chi connectivity index (χ0n) is 17.5. The molecule has 1 saturated heterocycles. The van der Waals surface area contributed by atoms with Crippen LogP contribution in [0.15, 0.2) is 61.1 Å². The molecule has 1 aliphatic heterocycles. The number of rotatable bonds is 7. The molecule has 4 rings (SSSR count). The number of pyridine rings is 1. The molecule has 0 saturated carbocycles. The van der Waals surface area contributed by atoms with E-state index in [2.05, 4.69) is 32.0 Å². The molecule has 160 valence electrons. The average molecular weight is 418 g/mol. The monoisotopic (exact) mass is 418 g/mol. The smallest absolute Gasteiger partial charge is 0.308 e. The summed E-state index contributed by atoms with van der Waals surface area (Å²) in [5, 5.41) is 9.89. The maximum absolute atomic E-state index is 12.0. The van der Waals surface area contributed by atoms with Crippen molar-refractivity contribution in [3.05, 3.63) is 72.2 Å². The third-order valence-electron chi connectivity index (χ3n) is 5.66. The molecule has 1 aliphatic rings. The number of piperidine rings is 1. The van der Waals surface area contributed by atoms with Gasteiger partial charge in [0, 0.05) is 37.6 Å². The zero-order chi connectivity index (χ0) is 21.6. The molecule has 7 heteroatoms. The number of ether oxygens (including phenoxy) is 1. The Morgan fingerprint density at radius 2 is 1.90 bits per heavy atom. The highest BCUT2D eigenvalue weighted by molar-refractivity contribution is 5.72. The minimum Gasteiger partial charge on any atom is -0.481 e. The predicted octanol–water partition coefficient (Wildman–Crippen LogP) is 3.63. The first kappa shape index (κ1) is 20.9. The Morgan fingerprint density at radius 1 is 1.13 bits per heavy atom. The quantitative estimate of drug-likeness (QED) is 0.627. The van der Waals surface area contributed by atoms with Gasteiger partial charge in [-0.25, -0.2) is 15.0 Å². The molecule has 2 atom stereocenters. The van der Waals surface area contributed by atoms with Crippen LogP contribution in [-0.4, -0.2) is 50.6 Å². The average Bonchev–Trinajstić information content (AvgIpc) is 2.80. The third kappa shape index (κ3) is 4.88. The maximum atomic E-state index is 12.0. The topological polar surface area (TPSA) is 88.4 Å². The Labute approximate surface area is 181 Å². The maximum Gasteiger partial charge on any atom is 0.308 e. The Bertz CT molecular complexity index is 1010. The number of aromatic nitrogens is 3. The number of nitrogens with zero attached hydrogens (tertiary/aromatic N) is 4. The number of hydrogen-bond donors (Lipinski definition) is 1. The first-order valence-corrected chi connectivity index (χ1v) is 10.5. The summed E-state index contributed by atoms with van der Waals surface area (Å²) in [7, 11) is 0. The van der Waals surface area contributed by atoms with Gasteiger partial charge in [-0.15, -0.1) is 0 Å². The summed E-state index contributed by atoms with van der Waals surface area (Å²) in [6.45, 7) is 4.51. The molecular formula is C24H26N4O3. The van der Waals surface area contributed by atoms with E-state index in [0.29, 0.717) is 24.9 Å². The number of likely N-dealkylation sites (tertiary alicyclic amines) is 1. The lowest BCUT2D eigenvalue weighted by molar-refractivity contribution is -0.144. The van der Waals surface area contributed by atoms with E-state index in [1.54, 1.807) is 18.6 Å². The van der Waals surface area contributed by atoms with Crippen molar-refractivity contribution in [2.45, 2.75) is 25.8 Å². The fraction of sp³-hybridized carbons (Fsp3) is 0.333. The van der Waals surface area contributed by atoms with E-state index in [4.69, 9.17) is 4.74 Å². The SMILES string of the molecule is CCOc1ncccc1-c1ncc(C2CCN(Cc3ccccc3)CC2C(=O)O)cn1. The second kappa shape index (κ2) is 9.66. The standard InChI is InChI=1S/C24H26N4O3/c1-2-31-23-20(9-6-11-25-23)22-26-13-18(14-27-22)19-10-12-28(16-21(19)24(29)30)15-17-7-4-3-5-8-17/h3-9,11,13-14,19,21H,2,10,12,15-16H2,1H3,(H,29,30). The van der Waals surface area contributed by atoms with Gasteiger partial charge in [0.15, 0.2) is 5.82 Å². The third-order valence-corrected chi connectivity index (χ3v) is 5.66. The van der Waals surface area contributed by atoms with Crippen molar-refractivity contribution in [3.8, 4) is 17.3 Å². The van der Waals surface area contributed by atoms with Gasteiger partial charge in [0.1, 0.15) is 0 Å². The molecule has 2 aromatic heterocycles. The van der Waals surface area contributed by atoms with Gasteiger partial charge in [0.05, 0.1) is 18.1 Å². The van der Waals surface area contributed by atoms with Gasteiger partial charge in [0.2, 0.25) is 5.88 Å². The Balaban J connectivity index is 1.50. The molecule has 0 aliphatic carbocycles. The van der Waals surface area contributed by atoms with Crippen molar-refractivity contribution in [3.63, 3.8) is 0 Å². The summed E-state index contributed by atoms with van der Waals surface area (Å²) in [6, 6.07) is 13.8. The van der Waals surface area contributed by atoms with Crippen molar-refractivity contribution in [2.75, 3.05) is 19.7 Å². The summed E-state index contributed by atoms with van der Waals surface area (Å²) in [5.74, 6) is -0.370. The molecule has 0 radical (unpaired) electrons. The van der Waals surface area contributed by atoms with E-state index < -0.39 is 11.9 Å². The van der Waals surface area contributed by atoms with Crippen molar-refractivity contribution >= 4 is 5.97 Å². The summed E-state index contributed by atoms with van der Waals surface area (Å²) in [5.41, 5.74) is 2.78. The second-order valence-electron chi connectivity index (χ2n) is 7.69. The van der Waals surface area contributed by atoms with Crippen LogP contribution in [0, 0.1) is 5.92 Å². The molecule has 7 nitrogen and oxygen atoms in total. The molecule has 1 aromatic carbocycles. The predicted molar refractivity (Wildman–Crippen MR) is 117 cm³/mol. The van der Waals surface area contributed by atoms with Crippen LogP contribution >= 0.6 is 0 Å². The van der Waals surface area contributed by atoms with Gasteiger partial charge < -0.3 is 9.84 Å². The largest absolute Gasteiger partial charge is 0.481 e. The molecule has 0 bridgehead atoms. The van der Waals surface area contributed by atoms with E-state index in [0.717, 1.165) is 30.6 Å². The Morgan fingerprint density at radius 3 is 2.61 bits per heavy atom. The molecule has 0 amide bonds. The van der Waals surface area contributed by atoms with Crippen molar-refractivity contribution < 1.29 is 14.6 Å². The van der Waals surface area contributed by atoms with Crippen LogP contribution in [0.4, 0.5) is 0 Å². The van der Waals surface area contributed by atoms with Gasteiger partial charge >= 0.3 is 5.97 Å². The van der Waals surface area contributed by atoms with Gasteiger partial charge in [0.25, 0.3) is 0 Å². The molecule has 2 unspecified atom stereocenters. The normalized spacial score (nSPS) is 19.1. The van der Waals surface area contributed by atoms with E-state index in [1.807, 2.05) is 37.3 Å². The van der Waals surface area contributed by atoms with Crippen LogP contribution in [0.1, 0.15) is 30.4 Å². The van der Waals surface area contributed by atoms with Gasteiger partial charge in [-0.3, -0.25) is 9.69 Å². The van der Waals surface area contributed by atoms with Gasteiger partial charge in [-0.1, -0.05) is 30.3 Å². The van der Waals surface area contributed by atoms with Gasteiger partial charge in [-0.2, -0.15) is 0 Å². The first-order chi connectivity index (χ1) is 15.2.